The molecular weight excluding hydrogens is 416 g/mol. The second kappa shape index (κ2) is 9.83. The van der Waals surface area contributed by atoms with E-state index in [1.807, 2.05) is 60.7 Å². The number of ether oxygens (including phenoxy) is 1. The number of piperidine rings is 1. The van der Waals surface area contributed by atoms with Crippen molar-refractivity contribution in [3.8, 4) is 28.7 Å². The molecule has 0 bridgehead atoms. The van der Waals surface area contributed by atoms with Gasteiger partial charge in [0.1, 0.15) is 41.1 Å². The van der Waals surface area contributed by atoms with Crippen LogP contribution in [0.25, 0.3) is 11.1 Å². The number of para-hydroxylation sites is 1. The third kappa shape index (κ3) is 5.10. The van der Waals surface area contributed by atoms with Crippen molar-refractivity contribution in [2.45, 2.75) is 18.9 Å². The van der Waals surface area contributed by atoms with Gasteiger partial charge in [-0.05, 0) is 42.7 Å². The summed E-state index contributed by atoms with van der Waals surface area (Å²) in [5.41, 5.74) is 7.70. The first-order valence-corrected chi connectivity index (χ1v) is 10.6. The topological polar surface area (TPSA) is 117 Å². The molecule has 3 aromatic rings. The minimum atomic E-state index is -0.333. The summed E-state index contributed by atoms with van der Waals surface area (Å²) < 4.78 is 5.87. The summed E-state index contributed by atoms with van der Waals surface area (Å²) in [6.07, 6.45) is 3.08. The molecule has 1 unspecified atom stereocenters. The number of carbonyl (C=O) groups excluding carboxylic acids is 1. The number of aromatic nitrogens is 2. The van der Waals surface area contributed by atoms with E-state index in [1.54, 1.807) is 4.90 Å². The number of nitrogens with zero attached hydrogens (tertiary/aromatic N) is 4. The number of nitrogens with two attached hydrogens (primary N) is 1. The zero-order valence-corrected chi connectivity index (χ0v) is 18.1. The van der Waals surface area contributed by atoms with Crippen molar-refractivity contribution in [3.63, 3.8) is 0 Å². The van der Waals surface area contributed by atoms with Crippen LogP contribution < -0.4 is 15.8 Å². The number of carbonyl (C=O) groups is 1. The van der Waals surface area contributed by atoms with Crippen LogP contribution in [0.1, 0.15) is 12.8 Å². The molecule has 2 aromatic carbocycles. The molecule has 1 saturated heterocycles. The van der Waals surface area contributed by atoms with Crippen LogP contribution in [0.15, 0.2) is 73.1 Å². The van der Waals surface area contributed by atoms with Gasteiger partial charge in [-0.2, -0.15) is 5.26 Å². The molecule has 1 fully saturated rings. The molecule has 0 spiro atoms. The smallest absolute Gasteiger partial charge is 0.263 e. The Morgan fingerprint density at radius 1 is 1.15 bits per heavy atom. The highest BCUT2D eigenvalue weighted by Gasteiger charge is 2.26. The van der Waals surface area contributed by atoms with E-state index in [0.717, 1.165) is 24.2 Å². The van der Waals surface area contributed by atoms with Crippen LogP contribution >= 0.6 is 0 Å². The Hall–Kier alpha value is -4.38. The molecule has 0 saturated carbocycles. The minimum Gasteiger partial charge on any atom is -0.457 e. The maximum atomic E-state index is 12.4. The third-order valence-corrected chi connectivity index (χ3v) is 5.44. The SMILES string of the molecule is C=C(C#N)C(=O)N1CCCC(Nc2ncnc(N)c2-c2ccc(Oc3ccccc3)cc2)C1. The predicted molar refractivity (Wildman–Crippen MR) is 126 cm³/mol. The van der Waals surface area contributed by atoms with E-state index in [0.29, 0.717) is 36.0 Å². The maximum Gasteiger partial charge on any atom is 0.263 e. The summed E-state index contributed by atoms with van der Waals surface area (Å²) in [7, 11) is 0. The number of benzene rings is 2. The van der Waals surface area contributed by atoms with Crippen molar-refractivity contribution in [2.75, 3.05) is 24.1 Å². The van der Waals surface area contributed by atoms with E-state index in [2.05, 4.69) is 21.9 Å². The molecule has 3 N–H and O–H groups in total. The van der Waals surface area contributed by atoms with Crippen molar-refractivity contribution < 1.29 is 9.53 Å². The fourth-order valence-electron chi connectivity index (χ4n) is 3.82. The number of hydrogen-bond donors (Lipinski definition) is 2. The molecule has 2 heterocycles. The zero-order chi connectivity index (χ0) is 23.2. The van der Waals surface area contributed by atoms with Gasteiger partial charge in [0.25, 0.3) is 5.91 Å². The monoisotopic (exact) mass is 440 g/mol. The Kier molecular flexibility index (Phi) is 6.51. The molecule has 1 aliphatic rings. The molecule has 4 rings (SSSR count). The van der Waals surface area contributed by atoms with Gasteiger partial charge in [-0.15, -0.1) is 0 Å². The van der Waals surface area contributed by atoms with Crippen LogP contribution in [0.2, 0.25) is 0 Å². The van der Waals surface area contributed by atoms with Gasteiger partial charge in [-0.1, -0.05) is 36.9 Å². The Morgan fingerprint density at radius 2 is 1.88 bits per heavy atom. The van der Waals surface area contributed by atoms with Crippen LogP contribution in [-0.4, -0.2) is 39.9 Å². The summed E-state index contributed by atoms with van der Waals surface area (Å²) in [6, 6.07) is 18.9. The first-order valence-electron chi connectivity index (χ1n) is 10.6. The maximum absolute atomic E-state index is 12.4. The standard InChI is InChI=1S/C25H24N6O2/c1-17(14-26)25(32)31-13-5-6-19(15-31)30-24-22(23(27)28-16-29-24)18-9-11-21(12-10-18)33-20-7-3-2-4-8-20/h2-4,7-12,16,19H,1,5-6,13,15H2,(H3,27,28,29,30). The largest absolute Gasteiger partial charge is 0.457 e. The average molecular weight is 441 g/mol. The molecule has 1 aliphatic heterocycles. The van der Waals surface area contributed by atoms with Gasteiger partial charge in [0.05, 0.1) is 5.56 Å². The van der Waals surface area contributed by atoms with Gasteiger partial charge in [0.15, 0.2) is 0 Å². The zero-order valence-electron chi connectivity index (χ0n) is 18.1. The molecule has 0 radical (unpaired) electrons. The minimum absolute atomic E-state index is 0.0390. The van der Waals surface area contributed by atoms with E-state index in [9.17, 15) is 4.79 Å². The van der Waals surface area contributed by atoms with Gasteiger partial charge >= 0.3 is 0 Å². The summed E-state index contributed by atoms with van der Waals surface area (Å²) in [5, 5.41) is 12.4. The van der Waals surface area contributed by atoms with Crippen molar-refractivity contribution in [1.29, 1.82) is 5.26 Å². The van der Waals surface area contributed by atoms with E-state index < -0.39 is 0 Å². The van der Waals surface area contributed by atoms with Crippen LogP contribution in [0, 0.1) is 11.3 Å². The number of rotatable bonds is 6. The van der Waals surface area contributed by atoms with Crippen molar-refractivity contribution in [1.82, 2.24) is 14.9 Å². The molecule has 1 atom stereocenters. The molecular formula is C25H24N6O2. The summed E-state index contributed by atoms with van der Waals surface area (Å²) in [5.74, 6) is 2.07. The first kappa shape index (κ1) is 21.8. The van der Waals surface area contributed by atoms with E-state index in [4.69, 9.17) is 15.7 Å². The van der Waals surface area contributed by atoms with Crippen LogP contribution in [0.3, 0.4) is 0 Å². The first-order chi connectivity index (χ1) is 16.0. The fourth-order valence-corrected chi connectivity index (χ4v) is 3.82. The lowest BCUT2D eigenvalue weighted by Gasteiger charge is -2.33. The number of anilines is 2. The number of nitrogen functional groups attached to an aromatic ring is 1. The lowest BCUT2D eigenvalue weighted by Crippen LogP contribution is -2.45. The Morgan fingerprint density at radius 3 is 2.61 bits per heavy atom. The average Bonchev–Trinajstić information content (AvgIpc) is 2.85. The third-order valence-electron chi connectivity index (χ3n) is 5.44. The lowest BCUT2D eigenvalue weighted by atomic mass is 10.0. The highest BCUT2D eigenvalue weighted by Crippen LogP contribution is 2.33. The molecule has 8 nitrogen and oxygen atoms in total. The summed E-state index contributed by atoms with van der Waals surface area (Å²) >= 11 is 0. The molecule has 8 heteroatoms. The number of amides is 1. The van der Waals surface area contributed by atoms with Gasteiger partial charge in [0, 0.05) is 19.1 Å². The van der Waals surface area contributed by atoms with Crippen LogP contribution in [0.5, 0.6) is 11.5 Å². The van der Waals surface area contributed by atoms with Gasteiger partial charge in [-0.3, -0.25) is 4.79 Å². The Balaban J connectivity index is 1.52. The molecule has 33 heavy (non-hydrogen) atoms. The number of likely N-dealkylation sites (tertiary alicyclic amines) is 1. The van der Waals surface area contributed by atoms with Crippen LogP contribution in [-0.2, 0) is 4.79 Å². The van der Waals surface area contributed by atoms with E-state index in [1.165, 1.54) is 6.33 Å². The number of nitrogens with one attached hydrogen (secondary N) is 1. The van der Waals surface area contributed by atoms with Crippen molar-refractivity contribution >= 4 is 17.5 Å². The number of hydrogen-bond acceptors (Lipinski definition) is 7. The van der Waals surface area contributed by atoms with Crippen LogP contribution in [0.4, 0.5) is 11.6 Å². The Labute approximate surface area is 192 Å². The second-order valence-corrected chi connectivity index (χ2v) is 7.75. The van der Waals surface area contributed by atoms with Crippen molar-refractivity contribution in [2.24, 2.45) is 0 Å². The second-order valence-electron chi connectivity index (χ2n) is 7.75. The molecule has 1 aromatic heterocycles. The van der Waals surface area contributed by atoms with Gasteiger partial charge in [0.2, 0.25) is 0 Å². The molecule has 166 valence electrons. The molecule has 1 amide bonds. The fraction of sp³-hybridized carbons (Fsp3) is 0.200. The van der Waals surface area contributed by atoms with Crippen molar-refractivity contribution in [3.05, 3.63) is 73.1 Å². The lowest BCUT2D eigenvalue weighted by molar-refractivity contribution is -0.127. The normalized spacial score (nSPS) is 15.4. The summed E-state index contributed by atoms with van der Waals surface area (Å²) in [4.78, 5) is 22.6. The van der Waals surface area contributed by atoms with E-state index >= 15 is 0 Å². The highest BCUT2D eigenvalue weighted by atomic mass is 16.5. The van der Waals surface area contributed by atoms with Gasteiger partial charge in [-0.25, -0.2) is 9.97 Å². The predicted octanol–water partition coefficient (Wildman–Crippen LogP) is 4.00. The number of nitriles is 1. The summed E-state index contributed by atoms with van der Waals surface area (Å²) in [6.45, 7) is 4.58. The quantitative estimate of drug-likeness (QED) is 0.439. The Bertz CT molecular complexity index is 1190. The van der Waals surface area contributed by atoms with Gasteiger partial charge < -0.3 is 20.7 Å². The molecule has 0 aliphatic carbocycles. The van der Waals surface area contributed by atoms with E-state index in [-0.39, 0.29) is 17.5 Å². The highest BCUT2D eigenvalue weighted by molar-refractivity contribution is 5.96.